The molecule has 0 fully saturated rings. The van der Waals surface area contributed by atoms with Gasteiger partial charge in [-0.05, 0) is 30.2 Å². The number of aryl methyl sites for hydroxylation is 1. The van der Waals surface area contributed by atoms with E-state index in [1.807, 2.05) is 12.1 Å². The molecule has 1 atom stereocenters. The Morgan fingerprint density at radius 2 is 2.34 bits per heavy atom. The fourth-order valence-electron chi connectivity index (χ4n) is 3.85. The molecule has 2 aliphatic rings. The zero-order valence-electron chi connectivity index (χ0n) is 17.1. The van der Waals surface area contributed by atoms with Crippen LogP contribution in [0.4, 0.5) is 5.82 Å². The molecule has 0 spiro atoms. The zero-order chi connectivity index (χ0) is 20.4. The zero-order valence-corrected chi connectivity index (χ0v) is 18.0. The first kappa shape index (κ1) is 20.0. The smallest absolute Gasteiger partial charge is 0.169 e. The minimum absolute atomic E-state index is 0.239. The van der Waals surface area contributed by atoms with Crippen molar-refractivity contribution in [2.24, 2.45) is 0 Å². The molecule has 154 valence electrons. The Morgan fingerprint density at radius 1 is 1.48 bits per heavy atom. The molecule has 7 heteroatoms. The van der Waals surface area contributed by atoms with E-state index >= 15 is 0 Å². The Labute approximate surface area is 176 Å². The highest BCUT2D eigenvalue weighted by Crippen LogP contribution is 2.41. The van der Waals surface area contributed by atoms with Crippen molar-refractivity contribution >= 4 is 28.6 Å². The number of hydrogen-bond donors (Lipinski definition) is 2. The number of aromatic nitrogens is 3. The molecule has 29 heavy (non-hydrogen) atoms. The van der Waals surface area contributed by atoms with Gasteiger partial charge < -0.3 is 20.4 Å². The Morgan fingerprint density at radius 3 is 3.14 bits per heavy atom. The van der Waals surface area contributed by atoms with Crippen LogP contribution in [-0.4, -0.2) is 39.0 Å². The number of pyridine rings is 1. The van der Waals surface area contributed by atoms with E-state index in [1.165, 1.54) is 11.1 Å². The fourth-order valence-corrected chi connectivity index (χ4v) is 5.10. The molecule has 3 heterocycles. The van der Waals surface area contributed by atoms with Crippen molar-refractivity contribution in [2.45, 2.75) is 56.1 Å². The third-order valence-corrected chi connectivity index (χ3v) is 6.59. The topological polar surface area (TPSA) is 78.0 Å². The van der Waals surface area contributed by atoms with Gasteiger partial charge in [0.25, 0.3) is 0 Å². The first-order valence-electron chi connectivity index (χ1n) is 10.3. The van der Waals surface area contributed by atoms with Crippen LogP contribution >= 0.6 is 11.8 Å². The molecule has 0 saturated carbocycles. The number of thioether (sulfide) groups is 1. The first-order chi connectivity index (χ1) is 14.1. The lowest BCUT2D eigenvalue weighted by Gasteiger charge is -2.23. The number of nitrogen functional groups attached to an aromatic ring is 1. The standard InChI is InChI=1S/C22H29N5OS/c1-4-15-12-16-7-11-28-18(16)13-19(15)29-22-26-20-17(6-9-25-21(20)23)27(22)10-5-8-24-14(2)3/h4,6,9,12,14,19,24H,1,5,7-8,10-11,13H2,2-3H3,(H2,23,25)/t19-/m1/s1. The second kappa shape index (κ2) is 8.63. The first-order valence-corrected chi connectivity index (χ1v) is 11.1. The molecule has 6 nitrogen and oxygen atoms in total. The molecule has 2 aromatic rings. The highest BCUT2D eigenvalue weighted by molar-refractivity contribution is 8.00. The second-order valence-electron chi connectivity index (χ2n) is 7.78. The van der Waals surface area contributed by atoms with Crippen molar-refractivity contribution in [1.29, 1.82) is 0 Å². The van der Waals surface area contributed by atoms with Crippen LogP contribution in [0, 0.1) is 0 Å². The van der Waals surface area contributed by atoms with E-state index in [-0.39, 0.29) is 5.25 Å². The molecule has 0 amide bonds. The summed E-state index contributed by atoms with van der Waals surface area (Å²) in [4.78, 5) is 9.10. The monoisotopic (exact) mass is 411 g/mol. The third-order valence-electron chi connectivity index (χ3n) is 5.34. The van der Waals surface area contributed by atoms with Gasteiger partial charge in [0.05, 0.1) is 12.1 Å². The summed E-state index contributed by atoms with van der Waals surface area (Å²) in [5.74, 6) is 1.61. The van der Waals surface area contributed by atoms with Gasteiger partial charge in [0.15, 0.2) is 11.0 Å². The number of imidazole rings is 1. The van der Waals surface area contributed by atoms with Crippen molar-refractivity contribution in [3.05, 3.63) is 47.9 Å². The van der Waals surface area contributed by atoms with Crippen molar-refractivity contribution in [3.8, 4) is 0 Å². The average Bonchev–Trinajstić information content (AvgIpc) is 3.29. The van der Waals surface area contributed by atoms with Gasteiger partial charge in [-0.3, -0.25) is 0 Å². The molecule has 1 aliphatic carbocycles. The molecule has 3 N–H and O–H groups in total. The van der Waals surface area contributed by atoms with Crippen LogP contribution in [0.5, 0.6) is 0 Å². The average molecular weight is 412 g/mol. The van der Waals surface area contributed by atoms with Gasteiger partial charge in [-0.2, -0.15) is 0 Å². The van der Waals surface area contributed by atoms with Crippen molar-refractivity contribution in [2.75, 3.05) is 18.9 Å². The highest BCUT2D eigenvalue weighted by atomic mass is 32.2. The van der Waals surface area contributed by atoms with Crippen LogP contribution in [-0.2, 0) is 11.3 Å². The molecule has 0 bridgehead atoms. The van der Waals surface area contributed by atoms with Crippen molar-refractivity contribution in [3.63, 3.8) is 0 Å². The predicted molar refractivity (Wildman–Crippen MR) is 120 cm³/mol. The van der Waals surface area contributed by atoms with Crippen LogP contribution < -0.4 is 11.1 Å². The maximum absolute atomic E-state index is 6.13. The number of fused-ring (bicyclic) bond motifs is 1. The van der Waals surface area contributed by atoms with E-state index in [9.17, 15) is 0 Å². The van der Waals surface area contributed by atoms with Gasteiger partial charge in [-0.15, -0.1) is 0 Å². The number of nitrogens with one attached hydrogen (secondary N) is 1. The molecular weight excluding hydrogens is 382 g/mol. The van der Waals surface area contributed by atoms with Crippen LogP contribution in [0.3, 0.4) is 0 Å². The number of rotatable bonds is 8. The number of ether oxygens (including phenoxy) is 1. The van der Waals surface area contributed by atoms with Crippen LogP contribution in [0.25, 0.3) is 11.0 Å². The van der Waals surface area contributed by atoms with E-state index < -0.39 is 0 Å². The van der Waals surface area contributed by atoms with Gasteiger partial charge in [0, 0.05) is 36.9 Å². The second-order valence-corrected chi connectivity index (χ2v) is 8.95. The maximum Gasteiger partial charge on any atom is 0.169 e. The Bertz CT molecular complexity index is 975. The Kier molecular flexibility index (Phi) is 5.96. The van der Waals surface area contributed by atoms with Crippen LogP contribution in [0.15, 0.2) is 53.1 Å². The molecule has 4 rings (SSSR count). The SMILES string of the molecule is C=CC1=CC2=C(C[C@H]1Sc1nc3c(N)nccc3n1CCCNC(C)C)OCC2. The summed E-state index contributed by atoms with van der Waals surface area (Å²) < 4.78 is 8.13. The van der Waals surface area contributed by atoms with Gasteiger partial charge in [0.1, 0.15) is 11.3 Å². The molecule has 2 aromatic heterocycles. The summed E-state index contributed by atoms with van der Waals surface area (Å²) >= 11 is 1.77. The minimum atomic E-state index is 0.239. The number of hydrogen-bond acceptors (Lipinski definition) is 6. The Balaban J connectivity index is 1.60. The summed E-state index contributed by atoms with van der Waals surface area (Å²) in [5.41, 5.74) is 10.5. The van der Waals surface area contributed by atoms with E-state index in [0.29, 0.717) is 11.9 Å². The summed E-state index contributed by atoms with van der Waals surface area (Å²) in [6, 6.07) is 2.49. The lowest BCUT2D eigenvalue weighted by molar-refractivity contribution is 0.234. The summed E-state index contributed by atoms with van der Waals surface area (Å²) in [6.07, 6.45) is 8.86. The van der Waals surface area contributed by atoms with Gasteiger partial charge in [-0.25, -0.2) is 9.97 Å². The van der Waals surface area contributed by atoms with Crippen LogP contribution in [0.1, 0.15) is 33.1 Å². The number of nitrogens with zero attached hydrogens (tertiary/aromatic N) is 3. The quantitative estimate of drug-likeness (QED) is 0.638. The van der Waals surface area contributed by atoms with Crippen molar-refractivity contribution < 1.29 is 4.74 Å². The summed E-state index contributed by atoms with van der Waals surface area (Å²) in [6.45, 7) is 11.0. The molecular formula is C22H29N5OS. The molecule has 0 saturated heterocycles. The lowest BCUT2D eigenvalue weighted by Crippen LogP contribution is -2.24. The number of nitrogens with two attached hydrogens (primary N) is 1. The van der Waals surface area contributed by atoms with Gasteiger partial charge in [-0.1, -0.05) is 44.3 Å². The van der Waals surface area contributed by atoms with Crippen molar-refractivity contribution in [1.82, 2.24) is 19.9 Å². The predicted octanol–water partition coefficient (Wildman–Crippen LogP) is 4.05. The van der Waals surface area contributed by atoms with Crippen LogP contribution in [0.2, 0.25) is 0 Å². The Hall–Kier alpha value is -2.25. The van der Waals surface area contributed by atoms with Gasteiger partial charge >= 0.3 is 0 Å². The van der Waals surface area contributed by atoms with E-state index in [1.54, 1.807) is 18.0 Å². The molecule has 1 aliphatic heterocycles. The molecule has 0 radical (unpaired) electrons. The highest BCUT2D eigenvalue weighted by Gasteiger charge is 2.28. The fraction of sp³-hybridized carbons (Fsp3) is 0.455. The van der Waals surface area contributed by atoms with E-state index in [0.717, 1.165) is 60.9 Å². The normalized spacial score (nSPS) is 18.9. The molecule has 0 unspecified atom stereocenters. The lowest BCUT2D eigenvalue weighted by atomic mass is 9.97. The largest absolute Gasteiger partial charge is 0.497 e. The molecule has 0 aromatic carbocycles. The van der Waals surface area contributed by atoms with E-state index in [4.69, 9.17) is 15.5 Å². The minimum Gasteiger partial charge on any atom is -0.497 e. The van der Waals surface area contributed by atoms with Gasteiger partial charge in [0.2, 0.25) is 0 Å². The summed E-state index contributed by atoms with van der Waals surface area (Å²) in [5, 5.41) is 4.70. The number of anilines is 1. The summed E-state index contributed by atoms with van der Waals surface area (Å²) in [7, 11) is 0. The maximum atomic E-state index is 6.13. The third kappa shape index (κ3) is 4.21. The van der Waals surface area contributed by atoms with E-state index in [2.05, 4.69) is 41.4 Å². The number of allylic oxidation sites excluding steroid dienone is 3.